The van der Waals surface area contributed by atoms with E-state index in [0.717, 1.165) is 0 Å². The number of amides is 1. The summed E-state index contributed by atoms with van der Waals surface area (Å²) in [7, 11) is 0. The van der Waals surface area contributed by atoms with Crippen LogP contribution in [0.25, 0.3) is 0 Å². The fraction of sp³-hybridized carbons (Fsp3) is 0.143. The molecular formula is C7H9NO3. The number of carbonyl (C=O) groups excluding carboxylic acids is 1. The SMILES string of the molecule is C=C(C)C(=O)O.C=C1NC1=O. The third-order valence-electron chi connectivity index (χ3n) is 0.841. The van der Waals surface area contributed by atoms with Crippen LogP contribution in [-0.4, -0.2) is 17.0 Å². The summed E-state index contributed by atoms with van der Waals surface area (Å²) in [6.07, 6.45) is 0. The molecule has 1 saturated heterocycles. The zero-order valence-electron chi connectivity index (χ0n) is 6.18. The Bertz CT molecular complexity index is 206. The van der Waals surface area contributed by atoms with Crippen LogP contribution in [0.15, 0.2) is 24.4 Å². The predicted octanol–water partition coefficient (Wildman–Crippen LogP) is 0.277. The average molecular weight is 155 g/mol. The number of carboxylic acid groups (broad SMARTS) is 1. The lowest BCUT2D eigenvalue weighted by Crippen LogP contribution is -1.92. The van der Waals surface area contributed by atoms with Gasteiger partial charge in [0.05, 0.1) is 5.70 Å². The second-order valence-electron chi connectivity index (χ2n) is 2.02. The fourth-order valence-electron chi connectivity index (χ4n) is 0.106. The lowest BCUT2D eigenvalue weighted by atomic mass is 10.4. The van der Waals surface area contributed by atoms with Gasteiger partial charge in [0.25, 0.3) is 5.91 Å². The van der Waals surface area contributed by atoms with Gasteiger partial charge < -0.3 is 10.4 Å². The molecular weight excluding hydrogens is 146 g/mol. The standard InChI is InChI=1S/C4H6O2.C3H3NO/c1-3(2)4(5)6;1-2-3(5)4-2/h1H2,2H3,(H,5,6);1H2,(H,4,5). The monoisotopic (exact) mass is 155 g/mol. The first kappa shape index (κ1) is 9.42. The largest absolute Gasteiger partial charge is 0.478 e. The first-order chi connectivity index (χ1) is 4.95. The minimum absolute atomic E-state index is 0.0231. The van der Waals surface area contributed by atoms with Crippen molar-refractivity contribution in [3.05, 3.63) is 24.4 Å². The Morgan fingerprint density at radius 2 is 1.82 bits per heavy atom. The number of aliphatic carboxylic acids is 1. The lowest BCUT2D eigenvalue weighted by Gasteiger charge is -1.79. The van der Waals surface area contributed by atoms with Crippen LogP contribution in [0, 0.1) is 0 Å². The van der Waals surface area contributed by atoms with Crippen molar-refractivity contribution in [1.29, 1.82) is 0 Å². The van der Waals surface area contributed by atoms with Crippen molar-refractivity contribution in [2.45, 2.75) is 6.92 Å². The summed E-state index contributed by atoms with van der Waals surface area (Å²) in [6.45, 7) is 7.89. The predicted molar refractivity (Wildman–Crippen MR) is 39.7 cm³/mol. The van der Waals surface area contributed by atoms with Gasteiger partial charge in [0.15, 0.2) is 0 Å². The fourth-order valence-corrected chi connectivity index (χ4v) is 0.106. The molecule has 0 aromatic heterocycles. The normalized spacial score (nSPS) is 12.5. The molecule has 11 heavy (non-hydrogen) atoms. The maximum Gasteiger partial charge on any atom is 0.330 e. The minimum Gasteiger partial charge on any atom is -0.478 e. The molecule has 0 spiro atoms. The van der Waals surface area contributed by atoms with Gasteiger partial charge in [0.2, 0.25) is 0 Å². The van der Waals surface area contributed by atoms with Crippen LogP contribution in [0.4, 0.5) is 0 Å². The van der Waals surface area contributed by atoms with E-state index < -0.39 is 5.97 Å². The first-order valence-corrected chi connectivity index (χ1v) is 2.84. The molecule has 0 aliphatic carbocycles. The molecule has 1 rings (SSSR count). The van der Waals surface area contributed by atoms with Crippen LogP contribution in [0.3, 0.4) is 0 Å². The molecule has 1 aliphatic heterocycles. The van der Waals surface area contributed by atoms with Crippen molar-refractivity contribution >= 4 is 11.9 Å². The Labute approximate surface area is 64.2 Å². The molecule has 0 radical (unpaired) electrons. The second kappa shape index (κ2) is 3.55. The van der Waals surface area contributed by atoms with Crippen molar-refractivity contribution in [1.82, 2.24) is 5.32 Å². The van der Waals surface area contributed by atoms with Crippen LogP contribution in [-0.2, 0) is 9.59 Å². The summed E-state index contributed by atoms with van der Waals surface area (Å²) in [4.78, 5) is 19.3. The number of hydrogen-bond donors (Lipinski definition) is 2. The minimum atomic E-state index is -0.935. The zero-order chi connectivity index (χ0) is 9.02. The molecule has 1 heterocycles. The number of rotatable bonds is 1. The number of carboxylic acids is 1. The van der Waals surface area contributed by atoms with Crippen LogP contribution in [0.5, 0.6) is 0 Å². The Morgan fingerprint density at radius 3 is 1.82 bits per heavy atom. The first-order valence-electron chi connectivity index (χ1n) is 2.84. The van der Waals surface area contributed by atoms with E-state index in [9.17, 15) is 9.59 Å². The van der Waals surface area contributed by atoms with Gasteiger partial charge in [-0.15, -0.1) is 0 Å². The molecule has 0 atom stereocenters. The van der Waals surface area contributed by atoms with Crippen molar-refractivity contribution < 1.29 is 14.7 Å². The quantitative estimate of drug-likeness (QED) is 0.421. The van der Waals surface area contributed by atoms with E-state index in [4.69, 9.17) is 5.11 Å². The van der Waals surface area contributed by atoms with E-state index in [2.05, 4.69) is 18.5 Å². The van der Waals surface area contributed by atoms with Crippen LogP contribution in [0.2, 0.25) is 0 Å². The molecule has 0 aromatic carbocycles. The van der Waals surface area contributed by atoms with Crippen LogP contribution < -0.4 is 5.32 Å². The van der Waals surface area contributed by atoms with E-state index in [-0.39, 0.29) is 11.5 Å². The molecule has 1 amide bonds. The smallest absolute Gasteiger partial charge is 0.330 e. The van der Waals surface area contributed by atoms with Gasteiger partial charge in [-0.25, -0.2) is 4.79 Å². The van der Waals surface area contributed by atoms with E-state index in [1.807, 2.05) is 0 Å². The van der Waals surface area contributed by atoms with Crippen LogP contribution in [0.1, 0.15) is 6.92 Å². The Morgan fingerprint density at radius 1 is 1.64 bits per heavy atom. The molecule has 60 valence electrons. The Balaban J connectivity index is 0.000000183. The maximum atomic E-state index is 9.68. The molecule has 1 fully saturated rings. The summed E-state index contributed by atoms with van der Waals surface area (Å²) in [5, 5.41) is 10.3. The van der Waals surface area contributed by atoms with Crippen molar-refractivity contribution in [2.75, 3.05) is 0 Å². The van der Waals surface area contributed by atoms with Gasteiger partial charge in [0.1, 0.15) is 0 Å². The molecule has 0 aromatic rings. The zero-order valence-corrected chi connectivity index (χ0v) is 6.18. The topological polar surface area (TPSA) is 76.3 Å². The molecule has 0 unspecified atom stereocenters. The summed E-state index contributed by atoms with van der Waals surface area (Å²) in [5.74, 6) is -0.958. The average Bonchev–Trinajstić information content (AvgIpc) is 2.46. The highest BCUT2D eigenvalue weighted by molar-refractivity contribution is 6.09. The lowest BCUT2D eigenvalue weighted by molar-refractivity contribution is -0.132. The van der Waals surface area contributed by atoms with Gasteiger partial charge in [-0.1, -0.05) is 13.2 Å². The summed E-state index contributed by atoms with van der Waals surface area (Å²) < 4.78 is 0. The number of carbonyl (C=O) groups is 2. The third kappa shape index (κ3) is 4.90. The molecule has 0 saturated carbocycles. The summed E-state index contributed by atoms with van der Waals surface area (Å²) >= 11 is 0. The molecule has 2 N–H and O–H groups in total. The highest BCUT2D eigenvalue weighted by atomic mass is 16.4. The van der Waals surface area contributed by atoms with Gasteiger partial charge in [-0.2, -0.15) is 0 Å². The number of nitrogens with one attached hydrogen (secondary N) is 1. The van der Waals surface area contributed by atoms with Crippen molar-refractivity contribution in [3.63, 3.8) is 0 Å². The molecule has 4 nitrogen and oxygen atoms in total. The van der Waals surface area contributed by atoms with Gasteiger partial charge >= 0.3 is 5.97 Å². The van der Waals surface area contributed by atoms with E-state index in [0.29, 0.717) is 5.70 Å². The number of hydrogen-bond acceptors (Lipinski definition) is 2. The third-order valence-corrected chi connectivity index (χ3v) is 0.841. The van der Waals surface area contributed by atoms with E-state index in [1.165, 1.54) is 6.92 Å². The van der Waals surface area contributed by atoms with Gasteiger partial charge in [0, 0.05) is 5.57 Å². The highest BCUT2D eigenvalue weighted by Crippen LogP contribution is 1.96. The van der Waals surface area contributed by atoms with Crippen molar-refractivity contribution in [3.8, 4) is 0 Å². The van der Waals surface area contributed by atoms with Gasteiger partial charge in [-0.3, -0.25) is 4.79 Å². The van der Waals surface area contributed by atoms with Gasteiger partial charge in [-0.05, 0) is 6.92 Å². The van der Waals surface area contributed by atoms with Crippen molar-refractivity contribution in [2.24, 2.45) is 0 Å². The maximum absolute atomic E-state index is 9.68. The molecule has 0 bridgehead atoms. The van der Waals surface area contributed by atoms with E-state index >= 15 is 0 Å². The molecule has 1 aliphatic rings. The summed E-state index contributed by atoms with van der Waals surface area (Å²) in [6, 6.07) is 0. The Kier molecular flexibility index (Phi) is 3.04. The van der Waals surface area contributed by atoms with E-state index in [1.54, 1.807) is 0 Å². The Hall–Kier alpha value is -1.58. The second-order valence-corrected chi connectivity index (χ2v) is 2.02. The highest BCUT2D eigenvalue weighted by Gasteiger charge is 2.20. The summed E-state index contributed by atoms with van der Waals surface area (Å²) in [5.41, 5.74) is 0.708. The van der Waals surface area contributed by atoms with Crippen LogP contribution >= 0.6 is 0 Å². The molecule has 4 heteroatoms.